The number of anilines is 1. The van der Waals surface area contributed by atoms with E-state index in [4.69, 9.17) is 4.74 Å². The van der Waals surface area contributed by atoms with Crippen molar-refractivity contribution in [1.82, 2.24) is 9.38 Å². The first-order valence-corrected chi connectivity index (χ1v) is 7.92. The summed E-state index contributed by atoms with van der Waals surface area (Å²) >= 11 is 2.18. The van der Waals surface area contributed by atoms with Crippen molar-refractivity contribution in [2.45, 2.75) is 6.92 Å². The van der Waals surface area contributed by atoms with Gasteiger partial charge in [-0.15, -0.1) is 0 Å². The number of nitrogens with one attached hydrogen (secondary N) is 1. The van der Waals surface area contributed by atoms with Crippen LogP contribution in [0.4, 0.5) is 5.69 Å². The van der Waals surface area contributed by atoms with E-state index in [1.165, 1.54) is 0 Å². The number of imidazole rings is 1. The van der Waals surface area contributed by atoms with Crippen LogP contribution in [0.25, 0.3) is 5.65 Å². The van der Waals surface area contributed by atoms with Crippen LogP contribution < -0.4 is 10.1 Å². The van der Waals surface area contributed by atoms with Gasteiger partial charge in [0.1, 0.15) is 15.1 Å². The van der Waals surface area contributed by atoms with Crippen molar-refractivity contribution in [3.63, 3.8) is 0 Å². The molecule has 0 saturated heterocycles. The number of nitrogens with zero attached hydrogens (tertiary/aromatic N) is 2. The zero-order valence-electron chi connectivity index (χ0n) is 11.9. The summed E-state index contributed by atoms with van der Waals surface area (Å²) in [5.41, 5.74) is 1.91. The number of ether oxygens (including phenoxy) is 1. The highest BCUT2D eigenvalue weighted by Crippen LogP contribution is 2.18. The number of carbonyl (C=O) groups excluding carboxylic acids is 1. The molecule has 0 spiro atoms. The molecule has 0 fully saturated rings. The fraction of sp³-hybridized carbons (Fsp3) is 0.125. The van der Waals surface area contributed by atoms with Gasteiger partial charge in [-0.2, -0.15) is 0 Å². The molecule has 112 valence electrons. The molecule has 1 N–H and O–H groups in total. The molecule has 6 heteroatoms. The van der Waals surface area contributed by atoms with E-state index in [-0.39, 0.29) is 5.91 Å². The van der Waals surface area contributed by atoms with Crippen molar-refractivity contribution in [1.29, 1.82) is 0 Å². The first-order chi connectivity index (χ1) is 10.7. The molecule has 0 unspecified atom stereocenters. The Labute approximate surface area is 141 Å². The Morgan fingerprint density at radius 3 is 2.82 bits per heavy atom. The summed E-state index contributed by atoms with van der Waals surface area (Å²) in [5.74, 6) is 0.599. The van der Waals surface area contributed by atoms with Crippen LogP contribution in [0.1, 0.15) is 17.3 Å². The highest BCUT2D eigenvalue weighted by Gasteiger charge is 2.13. The van der Waals surface area contributed by atoms with Crippen LogP contribution in [0.5, 0.6) is 5.75 Å². The third-order valence-electron chi connectivity index (χ3n) is 3.16. The Morgan fingerprint density at radius 1 is 1.32 bits per heavy atom. The fourth-order valence-electron chi connectivity index (χ4n) is 2.16. The second-order valence-corrected chi connectivity index (χ2v) is 5.71. The Kier molecular flexibility index (Phi) is 4.28. The molecule has 0 atom stereocenters. The number of fused-ring (bicyclic) bond motifs is 1. The summed E-state index contributed by atoms with van der Waals surface area (Å²) in [5, 5.41) is 2.88. The molecule has 3 aromatic rings. The number of amides is 1. The lowest BCUT2D eigenvalue weighted by Crippen LogP contribution is -2.13. The monoisotopic (exact) mass is 407 g/mol. The molecule has 3 rings (SSSR count). The molecule has 22 heavy (non-hydrogen) atoms. The largest absolute Gasteiger partial charge is 0.494 e. The first-order valence-electron chi connectivity index (χ1n) is 6.85. The van der Waals surface area contributed by atoms with E-state index in [0.29, 0.717) is 17.8 Å². The summed E-state index contributed by atoms with van der Waals surface area (Å²) in [6.45, 7) is 2.55. The fourth-order valence-corrected chi connectivity index (χ4v) is 2.69. The highest BCUT2D eigenvalue weighted by atomic mass is 127. The molecule has 0 aliphatic carbocycles. The zero-order valence-corrected chi connectivity index (χ0v) is 14.1. The van der Waals surface area contributed by atoms with Gasteiger partial charge in [0.2, 0.25) is 0 Å². The number of halogens is 1. The van der Waals surface area contributed by atoms with E-state index in [9.17, 15) is 4.79 Å². The SMILES string of the molecule is CCOc1ccc(NC(=O)c2cccn3c(I)cnc23)cc1. The van der Waals surface area contributed by atoms with Gasteiger partial charge < -0.3 is 10.1 Å². The Morgan fingerprint density at radius 2 is 2.09 bits per heavy atom. The second kappa shape index (κ2) is 6.35. The average molecular weight is 407 g/mol. The maximum Gasteiger partial charge on any atom is 0.259 e. The third-order valence-corrected chi connectivity index (χ3v) is 3.96. The zero-order chi connectivity index (χ0) is 15.5. The molecular formula is C16H14IN3O2. The molecule has 0 aliphatic rings. The van der Waals surface area contributed by atoms with Crippen LogP contribution in [0.15, 0.2) is 48.8 Å². The summed E-state index contributed by atoms with van der Waals surface area (Å²) in [4.78, 5) is 16.7. The minimum Gasteiger partial charge on any atom is -0.494 e. The summed E-state index contributed by atoms with van der Waals surface area (Å²) < 4.78 is 8.23. The van der Waals surface area contributed by atoms with Crippen molar-refractivity contribution >= 4 is 39.8 Å². The van der Waals surface area contributed by atoms with Crippen LogP contribution >= 0.6 is 22.6 Å². The van der Waals surface area contributed by atoms with Gasteiger partial charge in [0.25, 0.3) is 5.91 Å². The van der Waals surface area contributed by atoms with Crippen molar-refractivity contribution < 1.29 is 9.53 Å². The van der Waals surface area contributed by atoms with Crippen LogP contribution in [0.2, 0.25) is 0 Å². The number of rotatable bonds is 4. The van der Waals surface area contributed by atoms with Crippen molar-refractivity contribution in [2.24, 2.45) is 0 Å². The third kappa shape index (κ3) is 2.92. The van der Waals surface area contributed by atoms with Crippen molar-refractivity contribution in [2.75, 3.05) is 11.9 Å². The van der Waals surface area contributed by atoms with Gasteiger partial charge in [0, 0.05) is 11.9 Å². The molecule has 0 saturated carbocycles. The maximum atomic E-state index is 12.4. The van der Waals surface area contributed by atoms with Crippen LogP contribution in [-0.4, -0.2) is 21.9 Å². The van der Waals surface area contributed by atoms with E-state index in [2.05, 4.69) is 32.9 Å². The number of carbonyl (C=O) groups is 1. The Bertz CT molecular complexity index is 812. The standard InChI is InChI=1S/C16H14IN3O2/c1-2-22-12-7-5-11(6-8-12)19-16(21)13-4-3-9-20-14(17)10-18-15(13)20/h3-10H,2H2,1H3,(H,19,21). The molecule has 0 bridgehead atoms. The van der Waals surface area contributed by atoms with Gasteiger partial charge in [-0.05, 0) is 65.9 Å². The predicted molar refractivity (Wildman–Crippen MR) is 93.5 cm³/mol. The Balaban J connectivity index is 1.84. The molecule has 0 aliphatic heterocycles. The molecule has 5 nitrogen and oxygen atoms in total. The average Bonchev–Trinajstić information content (AvgIpc) is 2.91. The molecule has 1 amide bonds. The second-order valence-electron chi connectivity index (χ2n) is 4.61. The lowest BCUT2D eigenvalue weighted by molar-refractivity contribution is 0.102. The minimum absolute atomic E-state index is 0.184. The quantitative estimate of drug-likeness (QED) is 0.673. The Hall–Kier alpha value is -2.09. The number of hydrogen-bond acceptors (Lipinski definition) is 3. The summed E-state index contributed by atoms with van der Waals surface area (Å²) in [6.07, 6.45) is 3.63. The summed E-state index contributed by atoms with van der Waals surface area (Å²) in [6, 6.07) is 10.9. The van der Waals surface area contributed by atoms with Gasteiger partial charge in [0.15, 0.2) is 0 Å². The van der Waals surface area contributed by atoms with Gasteiger partial charge in [0.05, 0.1) is 18.4 Å². The molecular weight excluding hydrogens is 393 g/mol. The normalized spacial score (nSPS) is 10.6. The molecule has 2 heterocycles. The van der Waals surface area contributed by atoms with Crippen LogP contribution in [0, 0.1) is 3.70 Å². The van der Waals surface area contributed by atoms with Gasteiger partial charge in [-0.1, -0.05) is 0 Å². The molecule has 1 aromatic carbocycles. The van der Waals surface area contributed by atoms with Gasteiger partial charge in [-0.25, -0.2) is 4.98 Å². The van der Waals surface area contributed by atoms with Gasteiger partial charge in [-0.3, -0.25) is 9.20 Å². The lowest BCUT2D eigenvalue weighted by Gasteiger charge is -2.08. The van der Waals surface area contributed by atoms with Crippen LogP contribution in [0.3, 0.4) is 0 Å². The van der Waals surface area contributed by atoms with E-state index in [1.807, 2.05) is 47.9 Å². The molecule has 0 radical (unpaired) electrons. The number of benzene rings is 1. The summed E-state index contributed by atoms with van der Waals surface area (Å²) in [7, 11) is 0. The van der Waals surface area contributed by atoms with Crippen molar-refractivity contribution in [3.05, 3.63) is 58.1 Å². The van der Waals surface area contributed by atoms with E-state index in [0.717, 1.165) is 15.1 Å². The van der Waals surface area contributed by atoms with E-state index in [1.54, 1.807) is 12.3 Å². The lowest BCUT2D eigenvalue weighted by atomic mass is 10.2. The highest BCUT2D eigenvalue weighted by molar-refractivity contribution is 14.1. The van der Waals surface area contributed by atoms with E-state index >= 15 is 0 Å². The predicted octanol–water partition coefficient (Wildman–Crippen LogP) is 3.59. The van der Waals surface area contributed by atoms with Crippen molar-refractivity contribution in [3.8, 4) is 5.75 Å². The molecule has 2 aromatic heterocycles. The first kappa shape index (κ1) is 14.8. The van der Waals surface area contributed by atoms with Gasteiger partial charge >= 0.3 is 0 Å². The minimum atomic E-state index is -0.184. The smallest absolute Gasteiger partial charge is 0.259 e. The maximum absolute atomic E-state index is 12.4. The van der Waals surface area contributed by atoms with E-state index < -0.39 is 0 Å². The number of aromatic nitrogens is 2. The number of pyridine rings is 1. The van der Waals surface area contributed by atoms with Crippen LogP contribution in [-0.2, 0) is 0 Å². The number of hydrogen-bond donors (Lipinski definition) is 1. The topological polar surface area (TPSA) is 55.6 Å².